The van der Waals surface area contributed by atoms with Crippen LogP contribution in [0, 0.1) is 5.92 Å². The van der Waals surface area contributed by atoms with Crippen molar-refractivity contribution >= 4 is 38.0 Å². The van der Waals surface area contributed by atoms with Gasteiger partial charge in [0, 0.05) is 5.33 Å². The molecule has 0 spiro atoms. The molecule has 7 nitrogen and oxygen atoms in total. The summed E-state index contributed by atoms with van der Waals surface area (Å²) in [6.45, 7) is 6.89. The molecule has 152 valence electrons. The monoisotopic (exact) mass is 463 g/mol. The SMILES string of the molecule is CCOC(=O)[C@H](CC(C)C)N(C(=O)OCC)S(=O)(=O)c1ccccc1CBr. The minimum Gasteiger partial charge on any atom is -0.464 e. The maximum absolute atomic E-state index is 13.4. The number of hydrogen-bond donors (Lipinski definition) is 0. The van der Waals surface area contributed by atoms with Gasteiger partial charge in [-0.05, 0) is 37.8 Å². The molecule has 0 aliphatic rings. The van der Waals surface area contributed by atoms with Crippen LogP contribution in [0.2, 0.25) is 0 Å². The van der Waals surface area contributed by atoms with Crippen molar-refractivity contribution in [2.24, 2.45) is 5.92 Å². The van der Waals surface area contributed by atoms with Crippen molar-refractivity contribution in [2.45, 2.75) is 50.4 Å². The van der Waals surface area contributed by atoms with Crippen molar-refractivity contribution < 1.29 is 27.5 Å². The maximum Gasteiger partial charge on any atom is 0.424 e. The standard InChI is InChI=1S/C18H26BrNO6S/c1-5-25-17(21)15(11-13(3)4)20(18(22)26-6-2)27(23,24)16-10-8-7-9-14(16)12-19/h7-10,13,15H,5-6,11-12H2,1-4H3/t15-/m0/s1. The Morgan fingerprint density at radius 2 is 1.70 bits per heavy atom. The molecule has 1 aromatic carbocycles. The Morgan fingerprint density at radius 3 is 2.22 bits per heavy atom. The van der Waals surface area contributed by atoms with E-state index in [9.17, 15) is 18.0 Å². The van der Waals surface area contributed by atoms with Gasteiger partial charge in [0.15, 0.2) is 0 Å². The molecular formula is C18H26BrNO6S. The normalized spacial score (nSPS) is 12.5. The number of nitrogens with zero attached hydrogens (tertiary/aromatic N) is 1. The topological polar surface area (TPSA) is 90.0 Å². The number of ether oxygens (including phenoxy) is 2. The molecule has 27 heavy (non-hydrogen) atoms. The average Bonchev–Trinajstić information content (AvgIpc) is 2.61. The van der Waals surface area contributed by atoms with Crippen LogP contribution in [-0.2, 0) is 29.6 Å². The summed E-state index contributed by atoms with van der Waals surface area (Å²) < 4.78 is 37.2. The number of rotatable bonds is 9. The smallest absolute Gasteiger partial charge is 0.424 e. The summed E-state index contributed by atoms with van der Waals surface area (Å²) in [7, 11) is -4.35. The molecule has 9 heteroatoms. The molecule has 0 unspecified atom stereocenters. The Balaban J connectivity index is 3.57. The molecule has 0 N–H and O–H groups in total. The molecular weight excluding hydrogens is 438 g/mol. The van der Waals surface area contributed by atoms with E-state index in [1.807, 2.05) is 13.8 Å². The molecule has 0 saturated carbocycles. The third-order valence-electron chi connectivity index (χ3n) is 3.64. The number of carbonyl (C=O) groups is 2. The van der Waals surface area contributed by atoms with Gasteiger partial charge in [0.2, 0.25) is 0 Å². The lowest BCUT2D eigenvalue weighted by atomic mass is 10.0. The van der Waals surface area contributed by atoms with Crippen LogP contribution >= 0.6 is 15.9 Å². The van der Waals surface area contributed by atoms with Crippen LogP contribution in [0.4, 0.5) is 4.79 Å². The number of carbonyl (C=O) groups excluding carboxylic acids is 2. The molecule has 1 amide bonds. The Morgan fingerprint density at radius 1 is 1.11 bits per heavy atom. The molecule has 1 rings (SSSR count). The van der Waals surface area contributed by atoms with E-state index in [0.29, 0.717) is 9.87 Å². The van der Waals surface area contributed by atoms with Crippen molar-refractivity contribution in [2.75, 3.05) is 13.2 Å². The third-order valence-corrected chi connectivity index (χ3v) is 6.12. The van der Waals surface area contributed by atoms with Crippen LogP contribution in [0.3, 0.4) is 0 Å². The fourth-order valence-electron chi connectivity index (χ4n) is 2.52. The van der Waals surface area contributed by atoms with E-state index in [-0.39, 0.29) is 35.8 Å². The van der Waals surface area contributed by atoms with Crippen LogP contribution in [0.15, 0.2) is 29.2 Å². The fraction of sp³-hybridized carbons (Fsp3) is 0.556. The Labute approximate surface area is 169 Å². The minimum atomic E-state index is -4.35. The zero-order valence-electron chi connectivity index (χ0n) is 16.0. The van der Waals surface area contributed by atoms with E-state index in [0.717, 1.165) is 0 Å². The first-order chi connectivity index (χ1) is 12.7. The summed E-state index contributed by atoms with van der Waals surface area (Å²) in [4.78, 5) is 25.1. The van der Waals surface area contributed by atoms with Crippen LogP contribution in [-0.4, -0.2) is 44.0 Å². The zero-order valence-corrected chi connectivity index (χ0v) is 18.4. The number of alkyl halides is 1. The van der Waals surface area contributed by atoms with E-state index in [1.54, 1.807) is 32.0 Å². The van der Waals surface area contributed by atoms with E-state index < -0.39 is 28.1 Å². The molecule has 0 heterocycles. The summed E-state index contributed by atoms with van der Waals surface area (Å²) in [5.74, 6) is -0.836. The van der Waals surface area contributed by atoms with Crippen molar-refractivity contribution in [3.05, 3.63) is 29.8 Å². The van der Waals surface area contributed by atoms with Crippen molar-refractivity contribution in [1.82, 2.24) is 4.31 Å². The molecule has 0 aliphatic carbocycles. The van der Waals surface area contributed by atoms with E-state index in [4.69, 9.17) is 9.47 Å². The molecule has 0 bridgehead atoms. The highest BCUT2D eigenvalue weighted by Crippen LogP contribution is 2.27. The predicted octanol–water partition coefficient (Wildman–Crippen LogP) is 3.71. The molecule has 0 radical (unpaired) electrons. The lowest BCUT2D eigenvalue weighted by Crippen LogP contribution is -2.50. The number of hydrogen-bond acceptors (Lipinski definition) is 6. The largest absolute Gasteiger partial charge is 0.464 e. The van der Waals surface area contributed by atoms with Crippen molar-refractivity contribution in [1.29, 1.82) is 0 Å². The maximum atomic E-state index is 13.4. The Bertz CT molecular complexity index is 750. The molecule has 0 fully saturated rings. The van der Waals surface area contributed by atoms with Gasteiger partial charge in [-0.15, -0.1) is 0 Å². The first-order valence-corrected chi connectivity index (χ1v) is 11.3. The summed E-state index contributed by atoms with van der Waals surface area (Å²) in [6, 6.07) is 4.98. The Kier molecular flexibility index (Phi) is 9.25. The van der Waals surface area contributed by atoms with Crippen LogP contribution in [0.25, 0.3) is 0 Å². The van der Waals surface area contributed by atoms with Gasteiger partial charge in [-0.1, -0.05) is 48.0 Å². The molecule has 0 aromatic heterocycles. The van der Waals surface area contributed by atoms with Crippen LogP contribution in [0.1, 0.15) is 39.7 Å². The van der Waals surface area contributed by atoms with Crippen molar-refractivity contribution in [3.8, 4) is 0 Å². The fourth-order valence-corrected chi connectivity index (χ4v) is 4.89. The van der Waals surface area contributed by atoms with Gasteiger partial charge in [-0.3, -0.25) is 0 Å². The second-order valence-electron chi connectivity index (χ2n) is 6.14. The van der Waals surface area contributed by atoms with E-state index >= 15 is 0 Å². The summed E-state index contributed by atoms with van der Waals surface area (Å²) in [5.41, 5.74) is 0.471. The summed E-state index contributed by atoms with van der Waals surface area (Å²) in [6.07, 6.45) is -0.978. The second-order valence-corrected chi connectivity index (χ2v) is 8.48. The summed E-state index contributed by atoms with van der Waals surface area (Å²) in [5, 5.41) is 0.271. The van der Waals surface area contributed by atoms with Gasteiger partial charge < -0.3 is 9.47 Å². The first kappa shape index (κ1) is 23.4. The van der Waals surface area contributed by atoms with Crippen molar-refractivity contribution in [3.63, 3.8) is 0 Å². The van der Waals surface area contributed by atoms with Gasteiger partial charge in [-0.25, -0.2) is 18.0 Å². The molecule has 0 aliphatic heterocycles. The zero-order chi connectivity index (χ0) is 20.6. The number of sulfonamides is 1. The van der Waals surface area contributed by atoms with E-state index in [1.165, 1.54) is 6.07 Å². The van der Waals surface area contributed by atoms with Gasteiger partial charge >= 0.3 is 12.1 Å². The highest BCUT2D eigenvalue weighted by Gasteiger charge is 2.42. The highest BCUT2D eigenvalue weighted by molar-refractivity contribution is 9.08. The van der Waals surface area contributed by atoms with Gasteiger partial charge in [0.05, 0.1) is 18.1 Å². The minimum absolute atomic E-state index is 0.0256. The second kappa shape index (κ2) is 10.7. The molecule has 0 saturated heterocycles. The number of amides is 1. The predicted molar refractivity (Wildman–Crippen MR) is 105 cm³/mol. The van der Waals surface area contributed by atoms with Crippen LogP contribution in [0.5, 0.6) is 0 Å². The van der Waals surface area contributed by atoms with Gasteiger partial charge in [0.1, 0.15) is 6.04 Å². The van der Waals surface area contributed by atoms with E-state index in [2.05, 4.69) is 15.9 Å². The Hall–Kier alpha value is -1.61. The lowest BCUT2D eigenvalue weighted by Gasteiger charge is -2.30. The summed E-state index contributed by atoms with van der Waals surface area (Å²) >= 11 is 3.26. The third kappa shape index (κ3) is 5.93. The average molecular weight is 464 g/mol. The first-order valence-electron chi connectivity index (χ1n) is 8.72. The number of halogens is 1. The van der Waals surface area contributed by atoms with Gasteiger partial charge in [0.25, 0.3) is 10.0 Å². The molecule has 1 aromatic rings. The number of benzene rings is 1. The highest BCUT2D eigenvalue weighted by atomic mass is 79.9. The molecule has 1 atom stereocenters. The lowest BCUT2D eigenvalue weighted by molar-refractivity contribution is -0.147. The quantitative estimate of drug-likeness (QED) is 0.409. The number of esters is 1. The van der Waals surface area contributed by atoms with Crippen LogP contribution < -0.4 is 0 Å². The van der Waals surface area contributed by atoms with Gasteiger partial charge in [-0.2, -0.15) is 4.31 Å².